The van der Waals surface area contributed by atoms with Crippen LogP contribution >= 0.6 is 0 Å². The van der Waals surface area contributed by atoms with Gasteiger partial charge in [-0.3, -0.25) is 9.59 Å². The van der Waals surface area contributed by atoms with Gasteiger partial charge in [0.1, 0.15) is 0 Å². The maximum absolute atomic E-state index is 12.4. The van der Waals surface area contributed by atoms with E-state index >= 15 is 0 Å². The quantitative estimate of drug-likeness (QED) is 0.738. The van der Waals surface area contributed by atoms with E-state index in [9.17, 15) is 14.4 Å². The Balaban J connectivity index is 2.04. The number of esters is 1. The van der Waals surface area contributed by atoms with Crippen molar-refractivity contribution in [3.05, 3.63) is 59.2 Å². The highest BCUT2D eigenvalue weighted by atomic mass is 16.5. The summed E-state index contributed by atoms with van der Waals surface area (Å²) in [6, 6.07) is 12.4. The second-order valence-corrected chi connectivity index (χ2v) is 6.50. The zero-order chi connectivity index (χ0) is 20.7. The SMILES string of the molecule is CCOC(=O)c1ccc(N(CCC(=O)Nc2c(C)cccc2C)C(C)=O)cc1. The molecule has 2 aromatic rings. The summed E-state index contributed by atoms with van der Waals surface area (Å²) in [7, 11) is 0. The summed E-state index contributed by atoms with van der Waals surface area (Å²) >= 11 is 0. The second kappa shape index (κ2) is 9.69. The fourth-order valence-electron chi connectivity index (χ4n) is 2.89. The number of carbonyl (C=O) groups excluding carboxylic acids is 3. The van der Waals surface area contributed by atoms with E-state index < -0.39 is 5.97 Å². The first-order valence-electron chi connectivity index (χ1n) is 9.24. The van der Waals surface area contributed by atoms with Crippen molar-refractivity contribution in [1.82, 2.24) is 0 Å². The normalized spacial score (nSPS) is 10.3. The Hall–Kier alpha value is -3.15. The summed E-state index contributed by atoms with van der Waals surface area (Å²) in [6.07, 6.45) is 0.160. The van der Waals surface area contributed by atoms with Crippen molar-refractivity contribution in [1.29, 1.82) is 0 Å². The summed E-state index contributed by atoms with van der Waals surface area (Å²) in [6.45, 7) is 7.61. The Morgan fingerprint density at radius 1 is 1.00 bits per heavy atom. The van der Waals surface area contributed by atoms with Gasteiger partial charge in [-0.05, 0) is 56.2 Å². The molecular formula is C22H26N2O4. The third kappa shape index (κ3) is 5.42. The third-order valence-electron chi connectivity index (χ3n) is 4.38. The van der Waals surface area contributed by atoms with E-state index in [4.69, 9.17) is 4.74 Å². The van der Waals surface area contributed by atoms with E-state index in [-0.39, 0.29) is 24.8 Å². The molecule has 2 rings (SSSR count). The number of aryl methyl sites for hydroxylation is 2. The van der Waals surface area contributed by atoms with Gasteiger partial charge in [0, 0.05) is 31.3 Å². The average Bonchev–Trinajstić information content (AvgIpc) is 2.65. The number of ether oxygens (including phenoxy) is 1. The van der Waals surface area contributed by atoms with Crippen molar-refractivity contribution in [2.45, 2.75) is 34.1 Å². The molecule has 2 aromatic carbocycles. The fourth-order valence-corrected chi connectivity index (χ4v) is 2.89. The van der Waals surface area contributed by atoms with Gasteiger partial charge in [0.25, 0.3) is 0 Å². The molecule has 0 saturated heterocycles. The van der Waals surface area contributed by atoms with Crippen molar-refractivity contribution in [3.63, 3.8) is 0 Å². The highest BCUT2D eigenvalue weighted by Crippen LogP contribution is 2.20. The Bertz CT molecular complexity index is 839. The van der Waals surface area contributed by atoms with Crippen LogP contribution in [0.3, 0.4) is 0 Å². The van der Waals surface area contributed by atoms with Crippen LogP contribution in [0.25, 0.3) is 0 Å². The Morgan fingerprint density at radius 3 is 2.14 bits per heavy atom. The lowest BCUT2D eigenvalue weighted by Gasteiger charge is -2.21. The largest absolute Gasteiger partial charge is 0.462 e. The van der Waals surface area contributed by atoms with Gasteiger partial charge in [0.05, 0.1) is 12.2 Å². The molecule has 0 unspecified atom stereocenters. The Labute approximate surface area is 165 Å². The molecule has 0 fully saturated rings. The van der Waals surface area contributed by atoms with Crippen LogP contribution in [0.4, 0.5) is 11.4 Å². The highest BCUT2D eigenvalue weighted by Gasteiger charge is 2.15. The lowest BCUT2D eigenvalue weighted by atomic mass is 10.1. The Kier molecular flexibility index (Phi) is 7.32. The van der Waals surface area contributed by atoms with Gasteiger partial charge < -0.3 is 15.0 Å². The summed E-state index contributed by atoms with van der Waals surface area (Å²) < 4.78 is 4.96. The predicted octanol–water partition coefficient (Wildman–Crippen LogP) is 3.86. The number of carbonyl (C=O) groups is 3. The molecule has 2 amide bonds. The van der Waals surface area contributed by atoms with Crippen molar-refractivity contribution in [3.8, 4) is 0 Å². The first-order chi connectivity index (χ1) is 13.3. The van der Waals surface area contributed by atoms with E-state index in [1.165, 1.54) is 11.8 Å². The number of anilines is 2. The first kappa shape index (κ1) is 21.2. The van der Waals surface area contributed by atoms with Crippen LogP contribution < -0.4 is 10.2 Å². The molecule has 0 aromatic heterocycles. The number of hydrogen-bond donors (Lipinski definition) is 1. The van der Waals surface area contributed by atoms with Gasteiger partial charge >= 0.3 is 5.97 Å². The molecule has 0 aliphatic carbocycles. The maximum atomic E-state index is 12.4. The molecule has 0 bridgehead atoms. The molecule has 0 saturated carbocycles. The number of hydrogen-bond acceptors (Lipinski definition) is 4. The summed E-state index contributed by atoms with van der Waals surface area (Å²) in [5.41, 5.74) is 3.83. The minimum Gasteiger partial charge on any atom is -0.462 e. The topological polar surface area (TPSA) is 75.7 Å². The number of nitrogens with one attached hydrogen (secondary N) is 1. The van der Waals surface area contributed by atoms with Crippen LogP contribution in [-0.2, 0) is 14.3 Å². The second-order valence-electron chi connectivity index (χ2n) is 6.50. The smallest absolute Gasteiger partial charge is 0.338 e. The van der Waals surface area contributed by atoms with Crippen LogP contribution in [-0.4, -0.2) is 30.9 Å². The third-order valence-corrected chi connectivity index (χ3v) is 4.38. The number of amides is 2. The maximum Gasteiger partial charge on any atom is 0.338 e. The molecule has 6 nitrogen and oxygen atoms in total. The summed E-state index contributed by atoms with van der Waals surface area (Å²) in [4.78, 5) is 37.7. The molecule has 28 heavy (non-hydrogen) atoms. The molecule has 6 heteroatoms. The number of benzene rings is 2. The molecule has 0 radical (unpaired) electrons. The van der Waals surface area contributed by atoms with Gasteiger partial charge in [-0.2, -0.15) is 0 Å². The molecule has 0 atom stereocenters. The minimum absolute atomic E-state index is 0.160. The Morgan fingerprint density at radius 2 is 1.61 bits per heavy atom. The van der Waals surface area contributed by atoms with E-state index in [1.807, 2.05) is 32.0 Å². The van der Waals surface area contributed by atoms with Crippen LogP contribution in [0.5, 0.6) is 0 Å². The van der Waals surface area contributed by atoms with Gasteiger partial charge in [0.15, 0.2) is 0 Å². The molecule has 1 N–H and O–H groups in total. The summed E-state index contributed by atoms with van der Waals surface area (Å²) in [5.74, 6) is -0.744. The molecular weight excluding hydrogens is 356 g/mol. The molecule has 0 aliphatic heterocycles. The first-order valence-corrected chi connectivity index (χ1v) is 9.24. The van der Waals surface area contributed by atoms with Crippen molar-refractivity contribution >= 4 is 29.2 Å². The highest BCUT2D eigenvalue weighted by molar-refractivity contribution is 5.96. The summed E-state index contributed by atoms with van der Waals surface area (Å²) in [5, 5.41) is 2.92. The number of para-hydroxylation sites is 1. The van der Waals surface area contributed by atoms with Gasteiger partial charge in [-0.1, -0.05) is 18.2 Å². The molecule has 0 spiro atoms. The van der Waals surface area contributed by atoms with E-state index in [1.54, 1.807) is 31.2 Å². The van der Waals surface area contributed by atoms with Crippen LogP contribution in [0.2, 0.25) is 0 Å². The van der Waals surface area contributed by atoms with Crippen LogP contribution in [0, 0.1) is 13.8 Å². The standard InChI is InChI=1S/C22H26N2O4/c1-5-28-22(27)18-9-11-19(12-10-18)24(17(4)25)14-13-20(26)23-21-15(2)7-6-8-16(21)3/h6-12H,5,13-14H2,1-4H3,(H,23,26). The lowest BCUT2D eigenvalue weighted by Crippen LogP contribution is -2.32. The number of rotatable bonds is 7. The monoisotopic (exact) mass is 382 g/mol. The van der Waals surface area contributed by atoms with Crippen molar-refractivity contribution < 1.29 is 19.1 Å². The van der Waals surface area contributed by atoms with Crippen molar-refractivity contribution in [2.75, 3.05) is 23.4 Å². The zero-order valence-corrected chi connectivity index (χ0v) is 16.7. The van der Waals surface area contributed by atoms with Crippen LogP contribution in [0.1, 0.15) is 41.8 Å². The lowest BCUT2D eigenvalue weighted by molar-refractivity contribution is -0.117. The minimum atomic E-state index is -0.406. The fraction of sp³-hybridized carbons (Fsp3) is 0.318. The molecule has 0 aliphatic rings. The number of nitrogens with zero attached hydrogens (tertiary/aromatic N) is 1. The van der Waals surface area contributed by atoms with Crippen LogP contribution in [0.15, 0.2) is 42.5 Å². The predicted molar refractivity (Wildman–Crippen MR) is 110 cm³/mol. The van der Waals surface area contributed by atoms with Gasteiger partial charge in [0.2, 0.25) is 11.8 Å². The van der Waals surface area contributed by atoms with Gasteiger partial charge in [-0.25, -0.2) is 4.79 Å². The van der Waals surface area contributed by atoms with E-state index in [2.05, 4.69) is 5.32 Å². The average molecular weight is 382 g/mol. The van der Waals surface area contributed by atoms with E-state index in [0.29, 0.717) is 17.9 Å². The molecule has 148 valence electrons. The molecule has 0 heterocycles. The van der Waals surface area contributed by atoms with Gasteiger partial charge in [-0.15, -0.1) is 0 Å². The van der Waals surface area contributed by atoms with E-state index in [0.717, 1.165) is 16.8 Å². The zero-order valence-electron chi connectivity index (χ0n) is 16.7. The van der Waals surface area contributed by atoms with Crippen molar-refractivity contribution in [2.24, 2.45) is 0 Å².